The van der Waals surface area contributed by atoms with Crippen LogP contribution in [0.1, 0.15) is 12.5 Å². The number of H-pyrrole nitrogens is 1. The van der Waals surface area contributed by atoms with E-state index in [-0.39, 0.29) is 0 Å². The second-order valence-corrected chi connectivity index (χ2v) is 10.8. The molecule has 0 amide bonds. The molecule has 1 heterocycles. The molecule has 1 unspecified atom stereocenters. The Balaban J connectivity index is 1.36. The lowest BCUT2D eigenvalue weighted by atomic mass is 10.0. The number of hydrogen-bond acceptors (Lipinski definition) is 5. The predicted molar refractivity (Wildman–Crippen MR) is 132 cm³/mol. The second kappa shape index (κ2) is 8.74. The van der Waals surface area contributed by atoms with Crippen LogP contribution in [0.3, 0.4) is 0 Å². The van der Waals surface area contributed by atoms with Crippen molar-refractivity contribution in [2.45, 2.75) is 12.6 Å². The van der Waals surface area contributed by atoms with E-state index in [1.165, 1.54) is 5.39 Å². The van der Waals surface area contributed by atoms with Gasteiger partial charge in [0.1, 0.15) is 18.1 Å². The fourth-order valence-electron chi connectivity index (χ4n) is 3.58. The van der Waals surface area contributed by atoms with Crippen molar-refractivity contribution >= 4 is 53.7 Å². The van der Waals surface area contributed by atoms with Gasteiger partial charge in [0.15, 0.2) is 0 Å². The monoisotopic (exact) mass is 517 g/mol. The molecule has 0 aliphatic heterocycles. The first-order valence-electron chi connectivity index (χ1n) is 10.0. The molecule has 0 saturated heterocycles. The third kappa shape index (κ3) is 4.75. The van der Waals surface area contributed by atoms with Crippen LogP contribution >= 0.6 is 16.1 Å². The summed E-state index contributed by atoms with van der Waals surface area (Å²) in [6, 6.07) is 20.7. The van der Waals surface area contributed by atoms with E-state index in [0.717, 1.165) is 31.8 Å². The molecule has 3 aromatic carbocycles. The number of nitrogens with one attached hydrogen (secondary N) is 2. The number of nitrogens with zero attached hydrogens (tertiary/aromatic N) is 1. The van der Waals surface area contributed by atoms with Gasteiger partial charge in [0.25, 0.3) is 0 Å². The maximum Gasteiger partial charge on any atom is 0.241 e. The molecule has 1 aromatic heterocycles. The molecule has 1 atom stereocenters. The van der Waals surface area contributed by atoms with Crippen molar-refractivity contribution < 1.29 is 18.3 Å². The van der Waals surface area contributed by atoms with E-state index >= 15 is 0 Å². The fourth-order valence-corrected chi connectivity index (χ4v) is 4.32. The van der Waals surface area contributed by atoms with Gasteiger partial charge in [-0.2, -0.15) is 0 Å². The molecule has 3 N–H and O–H groups in total. The standard InChI is InChI=1S/C23H24BrN3O4S/c1-23(28,16-7-9-17(10-8-16)27(24)32(2,29)30)25-13-14-31-18-11-12-20-19-5-3-4-6-21(19)26-22(20)15-18/h3-12,15,25-26,28H,13-14H2,1-2H3. The average molecular weight is 518 g/mol. The first kappa shape index (κ1) is 22.6. The summed E-state index contributed by atoms with van der Waals surface area (Å²) in [5.41, 5.74) is 1.85. The van der Waals surface area contributed by atoms with E-state index in [0.29, 0.717) is 24.4 Å². The molecule has 0 fully saturated rings. The average Bonchev–Trinajstić information content (AvgIpc) is 3.13. The zero-order valence-electron chi connectivity index (χ0n) is 17.7. The molecule has 4 aromatic rings. The molecular formula is C23H24BrN3O4S. The topological polar surface area (TPSA) is 94.7 Å². The van der Waals surface area contributed by atoms with Crippen molar-refractivity contribution in [3.63, 3.8) is 0 Å². The van der Waals surface area contributed by atoms with Gasteiger partial charge < -0.3 is 14.8 Å². The number of ether oxygens (including phenoxy) is 1. The van der Waals surface area contributed by atoms with Gasteiger partial charge in [-0.1, -0.05) is 30.3 Å². The van der Waals surface area contributed by atoms with E-state index < -0.39 is 15.7 Å². The summed E-state index contributed by atoms with van der Waals surface area (Å²) in [5.74, 6) is 0.744. The van der Waals surface area contributed by atoms with E-state index in [1.54, 1.807) is 31.2 Å². The van der Waals surface area contributed by atoms with Gasteiger partial charge in [0, 0.05) is 28.9 Å². The molecule has 7 nitrogen and oxygen atoms in total. The van der Waals surface area contributed by atoms with Gasteiger partial charge in [-0.15, -0.1) is 0 Å². The highest BCUT2D eigenvalue weighted by molar-refractivity contribution is 9.11. The van der Waals surface area contributed by atoms with E-state index in [2.05, 4.69) is 32.5 Å². The number of halogens is 1. The zero-order valence-corrected chi connectivity index (χ0v) is 20.1. The normalized spacial score (nSPS) is 13.9. The number of anilines is 1. The third-order valence-electron chi connectivity index (χ3n) is 5.24. The Morgan fingerprint density at radius 1 is 1.06 bits per heavy atom. The number of aromatic amines is 1. The van der Waals surface area contributed by atoms with Crippen LogP contribution in [0.25, 0.3) is 21.8 Å². The Morgan fingerprint density at radius 2 is 1.75 bits per heavy atom. The van der Waals surface area contributed by atoms with Crippen LogP contribution in [0, 0.1) is 0 Å². The Hall–Kier alpha value is -2.59. The lowest BCUT2D eigenvalue weighted by Crippen LogP contribution is -2.41. The first-order chi connectivity index (χ1) is 15.1. The number of fused-ring (bicyclic) bond motifs is 3. The summed E-state index contributed by atoms with van der Waals surface area (Å²) in [5, 5.41) is 16.2. The van der Waals surface area contributed by atoms with E-state index in [9.17, 15) is 13.5 Å². The number of aromatic nitrogens is 1. The lowest BCUT2D eigenvalue weighted by molar-refractivity contribution is 0.0169. The summed E-state index contributed by atoms with van der Waals surface area (Å²) >= 11 is 3.03. The largest absolute Gasteiger partial charge is 0.492 e. The van der Waals surface area contributed by atoms with Crippen LogP contribution < -0.4 is 13.4 Å². The maximum atomic E-state index is 11.6. The highest BCUT2D eigenvalue weighted by Crippen LogP contribution is 2.28. The predicted octanol–water partition coefficient (Wildman–Crippen LogP) is 4.23. The molecule has 9 heteroatoms. The number of rotatable bonds is 8. The van der Waals surface area contributed by atoms with Crippen molar-refractivity contribution in [2.24, 2.45) is 0 Å². The van der Waals surface area contributed by atoms with Crippen molar-refractivity contribution in [3.8, 4) is 5.75 Å². The summed E-state index contributed by atoms with van der Waals surface area (Å²) in [4.78, 5) is 3.40. The summed E-state index contributed by atoms with van der Waals surface area (Å²) in [7, 11) is -3.42. The van der Waals surface area contributed by atoms with Gasteiger partial charge in [-0.25, -0.2) is 11.7 Å². The number of sulfonamides is 1. The summed E-state index contributed by atoms with van der Waals surface area (Å²) in [6.45, 7) is 2.41. The number of para-hydroxylation sites is 1. The van der Waals surface area contributed by atoms with Crippen LogP contribution in [0.4, 0.5) is 5.69 Å². The van der Waals surface area contributed by atoms with Crippen molar-refractivity contribution in [1.82, 2.24) is 10.3 Å². The Kier molecular flexibility index (Phi) is 6.17. The van der Waals surface area contributed by atoms with Crippen LogP contribution in [0.15, 0.2) is 66.7 Å². The van der Waals surface area contributed by atoms with Crippen LogP contribution in [-0.4, -0.2) is 37.9 Å². The van der Waals surface area contributed by atoms with Gasteiger partial charge in [-0.3, -0.25) is 5.32 Å². The van der Waals surface area contributed by atoms with E-state index in [1.807, 2.05) is 36.4 Å². The van der Waals surface area contributed by atoms with Crippen molar-refractivity contribution in [3.05, 3.63) is 72.3 Å². The van der Waals surface area contributed by atoms with Gasteiger partial charge in [0.2, 0.25) is 10.0 Å². The molecule has 168 valence electrons. The minimum Gasteiger partial charge on any atom is -0.492 e. The molecule has 32 heavy (non-hydrogen) atoms. The quantitative estimate of drug-likeness (QED) is 0.184. The van der Waals surface area contributed by atoms with Gasteiger partial charge in [-0.05, 0) is 42.8 Å². The molecule has 0 radical (unpaired) electrons. The van der Waals surface area contributed by atoms with E-state index in [4.69, 9.17) is 4.74 Å². The van der Waals surface area contributed by atoms with Gasteiger partial charge in [0.05, 0.1) is 33.6 Å². The van der Waals surface area contributed by atoms with Gasteiger partial charge >= 0.3 is 0 Å². The molecular weight excluding hydrogens is 494 g/mol. The summed E-state index contributed by atoms with van der Waals surface area (Å²) in [6.07, 6.45) is 1.10. The smallest absolute Gasteiger partial charge is 0.241 e. The number of aliphatic hydroxyl groups is 1. The number of benzene rings is 3. The highest BCUT2D eigenvalue weighted by atomic mass is 79.9. The Morgan fingerprint density at radius 3 is 2.47 bits per heavy atom. The molecule has 0 aliphatic carbocycles. The second-order valence-electron chi connectivity index (χ2n) is 7.75. The molecule has 0 saturated carbocycles. The summed E-state index contributed by atoms with van der Waals surface area (Å²) < 4.78 is 30.1. The number of hydrogen-bond donors (Lipinski definition) is 3. The minimum absolute atomic E-state index is 0.364. The lowest BCUT2D eigenvalue weighted by Gasteiger charge is -2.26. The molecule has 0 bridgehead atoms. The SMILES string of the molecule is CC(O)(NCCOc1ccc2c(c1)[nH]c1ccccc12)c1ccc(N(Br)S(C)(=O)=O)cc1. The molecule has 4 rings (SSSR count). The Bertz CT molecular complexity index is 1350. The third-order valence-corrected chi connectivity index (χ3v) is 8.02. The van der Waals surface area contributed by atoms with Crippen LogP contribution in [0.2, 0.25) is 0 Å². The van der Waals surface area contributed by atoms with Crippen molar-refractivity contribution in [1.29, 1.82) is 0 Å². The molecule has 0 spiro atoms. The highest BCUT2D eigenvalue weighted by Gasteiger charge is 2.23. The van der Waals surface area contributed by atoms with Crippen LogP contribution in [-0.2, 0) is 15.7 Å². The zero-order chi connectivity index (χ0) is 22.9. The fraction of sp³-hybridized carbons (Fsp3) is 0.217. The van der Waals surface area contributed by atoms with Crippen LogP contribution in [0.5, 0.6) is 5.75 Å². The molecule has 0 aliphatic rings. The Labute approximate surface area is 195 Å². The minimum atomic E-state index is -3.42. The first-order valence-corrected chi connectivity index (χ1v) is 12.6. The van der Waals surface area contributed by atoms with Crippen molar-refractivity contribution in [2.75, 3.05) is 22.7 Å². The maximum absolute atomic E-state index is 11.6.